The van der Waals surface area contributed by atoms with Gasteiger partial charge in [-0.05, 0) is 79.9 Å². The van der Waals surface area contributed by atoms with E-state index in [0.717, 1.165) is 18.4 Å². The summed E-state index contributed by atoms with van der Waals surface area (Å²) in [6.07, 6.45) is 1.21. The smallest absolute Gasteiger partial charge is 0.407 e. The van der Waals surface area contributed by atoms with Crippen molar-refractivity contribution in [2.24, 2.45) is 5.41 Å². The van der Waals surface area contributed by atoms with Gasteiger partial charge in [-0.25, -0.2) is 4.79 Å². The molecule has 1 rings (SSSR count). The summed E-state index contributed by atoms with van der Waals surface area (Å²) in [6.45, 7) is 13.5. The number of nitrogens with one attached hydrogen (secondary N) is 1. The molecule has 5 nitrogen and oxygen atoms in total. The Labute approximate surface area is 175 Å². The van der Waals surface area contributed by atoms with Crippen LogP contribution in [0, 0.1) is 24.2 Å². The van der Waals surface area contributed by atoms with Crippen LogP contribution in [-0.4, -0.2) is 30.3 Å². The predicted molar refractivity (Wildman–Crippen MR) is 115 cm³/mol. The van der Waals surface area contributed by atoms with Crippen molar-refractivity contribution in [3.05, 3.63) is 35.4 Å². The molecular formula is C24H35NO4. The highest BCUT2D eigenvalue weighted by molar-refractivity contribution is 5.75. The van der Waals surface area contributed by atoms with Crippen molar-refractivity contribution in [2.75, 3.05) is 6.54 Å². The van der Waals surface area contributed by atoms with Gasteiger partial charge in [-0.2, -0.15) is 0 Å². The van der Waals surface area contributed by atoms with E-state index in [9.17, 15) is 9.59 Å². The van der Waals surface area contributed by atoms with Crippen molar-refractivity contribution in [1.29, 1.82) is 0 Å². The molecule has 1 aromatic rings. The first-order chi connectivity index (χ1) is 13.4. The number of carbonyl (C=O) groups excluding carboxylic acids is 2. The molecule has 1 N–H and O–H groups in total. The van der Waals surface area contributed by atoms with Crippen molar-refractivity contribution in [3.63, 3.8) is 0 Å². The third-order valence-electron chi connectivity index (χ3n) is 3.85. The van der Waals surface area contributed by atoms with E-state index in [-0.39, 0.29) is 5.97 Å². The van der Waals surface area contributed by atoms with E-state index in [2.05, 4.69) is 17.2 Å². The predicted octanol–water partition coefficient (Wildman–Crippen LogP) is 5.00. The first kappa shape index (κ1) is 24.6. The topological polar surface area (TPSA) is 64.6 Å². The standard InChI is InChI=1S/C24H35NO4/c1-18-11-13-19(14-12-18)15-16-20(28-21(26)23(2,3)4)10-8-9-17-25-22(27)29-24(5,6)7/h11-14,20H,8-10,17H2,1-7H3,(H,25,27). The summed E-state index contributed by atoms with van der Waals surface area (Å²) in [7, 11) is 0. The molecule has 1 aromatic carbocycles. The highest BCUT2D eigenvalue weighted by Gasteiger charge is 2.25. The molecule has 1 atom stereocenters. The number of alkyl carbamates (subject to hydrolysis) is 1. The SMILES string of the molecule is Cc1ccc(C#CC(CCCCNC(=O)OC(C)(C)C)OC(=O)C(C)(C)C)cc1. The number of rotatable bonds is 6. The molecule has 160 valence electrons. The summed E-state index contributed by atoms with van der Waals surface area (Å²) >= 11 is 0. The lowest BCUT2D eigenvalue weighted by Crippen LogP contribution is -2.33. The van der Waals surface area contributed by atoms with E-state index in [1.165, 1.54) is 5.56 Å². The number of unbranched alkanes of at least 4 members (excludes halogenated alkanes) is 1. The first-order valence-electron chi connectivity index (χ1n) is 10.1. The summed E-state index contributed by atoms with van der Waals surface area (Å²) in [5.41, 5.74) is 0.965. The summed E-state index contributed by atoms with van der Waals surface area (Å²) in [5.74, 6) is 5.91. The van der Waals surface area contributed by atoms with Gasteiger partial charge in [0.25, 0.3) is 0 Å². The first-order valence-corrected chi connectivity index (χ1v) is 10.1. The highest BCUT2D eigenvalue weighted by Crippen LogP contribution is 2.18. The average Bonchev–Trinajstić information content (AvgIpc) is 2.58. The van der Waals surface area contributed by atoms with Crippen molar-refractivity contribution in [3.8, 4) is 11.8 Å². The Morgan fingerprint density at radius 2 is 1.66 bits per heavy atom. The minimum atomic E-state index is -0.581. The summed E-state index contributed by atoms with van der Waals surface area (Å²) in [5, 5.41) is 2.74. The zero-order chi connectivity index (χ0) is 22.1. The number of hydrogen-bond acceptors (Lipinski definition) is 4. The van der Waals surface area contributed by atoms with Gasteiger partial charge in [-0.3, -0.25) is 4.79 Å². The van der Waals surface area contributed by atoms with Crippen molar-refractivity contribution < 1.29 is 19.1 Å². The molecule has 0 radical (unpaired) electrons. The Kier molecular flexibility index (Phi) is 9.23. The minimum absolute atomic E-state index is 0.271. The summed E-state index contributed by atoms with van der Waals surface area (Å²) < 4.78 is 10.8. The second-order valence-electron chi connectivity index (χ2n) is 9.20. The molecule has 0 aliphatic rings. The fraction of sp³-hybridized carbons (Fsp3) is 0.583. The van der Waals surface area contributed by atoms with Gasteiger partial charge < -0.3 is 14.8 Å². The van der Waals surface area contributed by atoms with Gasteiger partial charge in [0, 0.05) is 12.1 Å². The largest absolute Gasteiger partial charge is 0.449 e. The third kappa shape index (κ3) is 11.2. The Morgan fingerprint density at radius 1 is 1.03 bits per heavy atom. The number of ether oxygens (including phenoxy) is 2. The van der Waals surface area contributed by atoms with Gasteiger partial charge in [0.05, 0.1) is 5.41 Å². The maximum atomic E-state index is 12.3. The maximum absolute atomic E-state index is 12.3. The van der Waals surface area contributed by atoms with Crippen molar-refractivity contribution in [1.82, 2.24) is 5.32 Å². The average molecular weight is 402 g/mol. The molecule has 0 saturated carbocycles. The lowest BCUT2D eigenvalue weighted by atomic mass is 9.97. The number of benzene rings is 1. The van der Waals surface area contributed by atoms with Crippen LogP contribution in [0.4, 0.5) is 4.79 Å². The molecule has 1 amide bonds. The van der Waals surface area contributed by atoms with E-state index in [4.69, 9.17) is 9.47 Å². The lowest BCUT2D eigenvalue weighted by Gasteiger charge is -2.21. The van der Waals surface area contributed by atoms with Crippen LogP contribution >= 0.6 is 0 Å². The Balaban J connectivity index is 2.60. The molecule has 0 aliphatic carbocycles. The molecule has 0 heterocycles. The van der Waals surface area contributed by atoms with Gasteiger partial charge in [-0.1, -0.05) is 29.5 Å². The van der Waals surface area contributed by atoms with E-state index in [0.29, 0.717) is 13.0 Å². The molecule has 0 saturated heterocycles. The molecule has 0 bridgehead atoms. The Morgan fingerprint density at radius 3 is 2.21 bits per heavy atom. The molecular weight excluding hydrogens is 366 g/mol. The van der Waals surface area contributed by atoms with Gasteiger partial charge in [0.15, 0.2) is 6.10 Å². The number of hydrogen-bond donors (Lipinski definition) is 1. The normalized spacial score (nSPS) is 12.4. The van der Waals surface area contributed by atoms with Gasteiger partial charge in [0.1, 0.15) is 5.60 Å². The van der Waals surface area contributed by atoms with E-state index < -0.39 is 23.2 Å². The molecule has 0 fully saturated rings. The van der Waals surface area contributed by atoms with Crippen LogP contribution < -0.4 is 5.32 Å². The summed E-state index contributed by atoms with van der Waals surface area (Å²) in [4.78, 5) is 23.9. The fourth-order valence-electron chi connectivity index (χ4n) is 2.23. The van der Waals surface area contributed by atoms with Crippen LogP contribution in [0.5, 0.6) is 0 Å². The number of carbonyl (C=O) groups is 2. The Bertz CT molecular complexity index is 727. The van der Waals surface area contributed by atoms with Gasteiger partial charge in [0.2, 0.25) is 0 Å². The van der Waals surface area contributed by atoms with Crippen LogP contribution in [0.25, 0.3) is 0 Å². The summed E-state index contributed by atoms with van der Waals surface area (Å²) in [6, 6.07) is 7.91. The maximum Gasteiger partial charge on any atom is 0.407 e. The van der Waals surface area contributed by atoms with Crippen LogP contribution in [0.2, 0.25) is 0 Å². The number of amides is 1. The van der Waals surface area contributed by atoms with E-state index in [1.807, 2.05) is 72.7 Å². The second-order valence-corrected chi connectivity index (χ2v) is 9.20. The third-order valence-corrected chi connectivity index (χ3v) is 3.85. The minimum Gasteiger partial charge on any atom is -0.449 e. The van der Waals surface area contributed by atoms with Crippen LogP contribution in [-0.2, 0) is 14.3 Å². The number of esters is 1. The van der Waals surface area contributed by atoms with Crippen molar-refractivity contribution in [2.45, 2.75) is 79.4 Å². The zero-order valence-electron chi connectivity index (χ0n) is 18.8. The quantitative estimate of drug-likeness (QED) is 0.414. The van der Waals surface area contributed by atoms with E-state index in [1.54, 1.807) is 0 Å². The van der Waals surface area contributed by atoms with Crippen LogP contribution in [0.15, 0.2) is 24.3 Å². The monoisotopic (exact) mass is 401 g/mol. The molecule has 0 spiro atoms. The van der Waals surface area contributed by atoms with Crippen LogP contribution in [0.3, 0.4) is 0 Å². The molecule has 0 aliphatic heterocycles. The van der Waals surface area contributed by atoms with E-state index >= 15 is 0 Å². The molecule has 29 heavy (non-hydrogen) atoms. The second kappa shape index (κ2) is 10.9. The van der Waals surface area contributed by atoms with Gasteiger partial charge >= 0.3 is 12.1 Å². The highest BCUT2D eigenvalue weighted by atomic mass is 16.6. The molecule has 5 heteroatoms. The number of aryl methyl sites for hydroxylation is 1. The fourth-order valence-corrected chi connectivity index (χ4v) is 2.23. The Hall–Kier alpha value is -2.48. The van der Waals surface area contributed by atoms with Crippen molar-refractivity contribution >= 4 is 12.1 Å². The zero-order valence-corrected chi connectivity index (χ0v) is 18.8. The lowest BCUT2D eigenvalue weighted by molar-refractivity contribution is -0.156. The van der Waals surface area contributed by atoms with Crippen LogP contribution in [0.1, 0.15) is 71.9 Å². The molecule has 0 aromatic heterocycles. The molecule has 1 unspecified atom stereocenters. The van der Waals surface area contributed by atoms with Gasteiger partial charge in [-0.15, -0.1) is 0 Å².